The number of hydrogen-bond donors (Lipinski definition) is 6. The van der Waals surface area contributed by atoms with Gasteiger partial charge in [-0.2, -0.15) is 0 Å². The smallest absolute Gasteiger partial charge is 0.320 e. The average molecular weight is 398 g/mol. The van der Waals surface area contributed by atoms with E-state index in [4.69, 9.17) is 26.4 Å². The van der Waals surface area contributed by atoms with Gasteiger partial charge in [-0.05, 0) is 5.92 Å². The highest BCUT2D eigenvalue weighted by molar-refractivity contribution is 5.81. The molecule has 3 heterocycles. The number of nitrogen functional groups attached to an aromatic ring is 1. The summed E-state index contributed by atoms with van der Waals surface area (Å²) in [4.78, 5) is 22.1. The zero-order valence-corrected chi connectivity index (χ0v) is 15.6. The third kappa shape index (κ3) is 4.36. The van der Waals surface area contributed by atoms with Crippen molar-refractivity contribution < 1.29 is 30.0 Å². The van der Waals surface area contributed by atoms with Gasteiger partial charge in [-0.15, -0.1) is 0 Å². The number of nitrogens with zero attached hydrogens (tertiary/aromatic N) is 4. The van der Waals surface area contributed by atoms with E-state index in [0.29, 0.717) is 11.2 Å². The van der Waals surface area contributed by atoms with Crippen molar-refractivity contribution >= 4 is 23.0 Å². The van der Waals surface area contributed by atoms with Gasteiger partial charge in [-0.1, -0.05) is 20.3 Å². The lowest BCUT2D eigenvalue weighted by molar-refractivity contribution is -0.139. The minimum Gasteiger partial charge on any atom is -0.480 e. The predicted octanol–water partition coefficient (Wildman–Crippen LogP) is -1.54. The van der Waals surface area contributed by atoms with Gasteiger partial charge in [0.05, 0.1) is 12.9 Å². The molecule has 0 saturated carbocycles. The van der Waals surface area contributed by atoms with Crippen LogP contribution >= 0.6 is 0 Å². The minimum absolute atomic E-state index is 0.0718. The SMILES string of the molecule is CC[C@H](C)[C@H](N)C(=O)O.Nc1ncnc2c1ncn2[C@@H]1O[C@H](CO)[C@@H](O)[C@H]1O. The molecule has 6 atom stereocenters. The standard InChI is InChI=1S/C10H13N5O4.C6H13NO2/c11-8-5-9(13-2-12-8)15(3-14-5)10-7(18)6(17)4(1-16)19-10;1-3-4(2)5(7)6(8)9/h2-4,6-7,10,16-18H,1H2,(H2,11,12,13);4-5H,3,7H2,1-2H3,(H,8,9)/t4-,6-,7-,10-;4-,5-/m10/s1. The molecule has 0 aromatic carbocycles. The highest BCUT2D eigenvalue weighted by Crippen LogP contribution is 2.31. The van der Waals surface area contributed by atoms with Crippen molar-refractivity contribution in [2.24, 2.45) is 11.7 Å². The zero-order valence-electron chi connectivity index (χ0n) is 15.6. The fraction of sp³-hybridized carbons (Fsp3) is 0.625. The first kappa shape index (κ1) is 21.9. The lowest BCUT2D eigenvalue weighted by Crippen LogP contribution is -2.36. The lowest BCUT2D eigenvalue weighted by atomic mass is 10.0. The van der Waals surface area contributed by atoms with Gasteiger partial charge in [-0.3, -0.25) is 9.36 Å². The molecule has 1 aliphatic rings. The Morgan fingerprint density at radius 3 is 2.50 bits per heavy atom. The first-order valence-electron chi connectivity index (χ1n) is 8.76. The van der Waals surface area contributed by atoms with Crippen LogP contribution in [0.15, 0.2) is 12.7 Å². The normalized spacial score (nSPS) is 26.5. The van der Waals surface area contributed by atoms with Gasteiger partial charge in [0.2, 0.25) is 0 Å². The summed E-state index contributed by atoms with van der Waals surface area (Å²) in [6.45, 7) is 3.37. The van der Waals surface area contributed by atoms with Gasteiger partial charge in [-0.25, -0.2) is 15.0 Å². The quantitative estimate of drug-likeness (QED) is 0.341. The van der Waals surface area contributed by atoms with Crippen LogP contribution in [0.1, 0.15) is 26.5 Å². The fourth-order valence-corrected chi connectivity index (χ4v) is 2.66. The third-order valence-electron chi connectivity index (χ3n) is 4.72. The average Bonchev–Trinajstić information content (AvgIpc) is 3.23. The van der Waals surface area contributed by atoms with Crippen LogP contribution in [0.3, 0.4) is 0 Å². The maximum Gasteiger partial charge on any atom is 0.320 e. The van der Waals surface area contributed by atoms with Gasteiger partial charge in [0.25, 0.3) is 0 Å². The van der Waals surface area contributed by atoms with Crippen molar-refractivity contribution in [1.82, 2.24) is 19.5 Å². The molecule has 1 saturated heterocycles. The fourth-order valence-electron chi connectivity index (χ4n) is 2.66. The Kier molecular flexibility index (Phi) is 7.21. The van der Waals surface area contributed by atoms with Crippen LogP contribution in [0.4, 0.5) is 5.82 Å². The van der Waals surface area contributed by atoms with Crippen LogP contribution in [0.2, 0.25) is 0 Å². The van der Waals surface area contributed by atoms with Crippen LogP contribution in [-0.2, 0) is 9.53 Å². The molecule has 12 nitrogen and oxygen atoms in total. The van der Waals surface area contributed by atoms with Gasteiger partial charge < -0.3 is 36.6 Å². The maximum atomic E-state index is 10.2. The van der Waals surface area contributed by atoms with E-state index in [1.165, 1.54) is 17.2 Å². The molecule has 1 aliphatic heterocycles. The largest absolute Gasteiger partial charge is 0.480 e. The summed E-state index contributed by atoms with van der Waals surface area (Å²) >= 11 is 0. The van der Waals surface area contributed by atoms with E-state index in [9.17, 15) is 15.0 Å². The molecule has 0 spiro atoms. The predicted molar refractivity (Wildman–Crippen MR) is 97.8 cm³/mol. The van der Waals surface area contributed by atoms with Crippen molar-refractivity contribution in [2.45, 2.75) is 50.8 Å². The molecule has 8 N–H and O–H groups in total. The molecule has 156 valence electrons. The van der Waals surface area contributed by atoms with Crippen LogP contribution in [0.25, 0.3) is 11.2 Å². The number of carboxylic acids is 1. The van der Waals surface area contributed by atoms with Crippen molar-refractivity contribution in [1.29, 1.82) is 0 Å². The zero-order chi connectivity index (χ0) is 21.0. The first-order chi connectivity index (χ1) is 13.2. The number of anilines is 1. The molecule has 0 bridgehead atoms. The monoisotopic (exact) mass is 398 g/mol. The summed E-state index contributed by atoms with van der Waals surface area (Å²) in [7, 11) is 0. The number of fused-ring (bicyclic) bond motifs is 1. The molecule has 28 heavy (non-hydrogen) atoms. The Labute approximate surface area is 160 Å². The number of imidazole rings is 1. The number of hydrogen-bond acceptors (Lipinski definition) is 10. The molecule has 0 radical (unpaired) electrons. The van der Waals surface area contributed by atoms with E-state index < -0.39 is 43.2 Å². The molecule has 0 unspecified atom stereocenters. The molecule has 2 aromatic rings. The second kappa shape index (κ2) is 9.21. The minimum atomic E-state index is -1.19. The number of nitrogens with two attached hydrogens (primary N) is 2. The summed E-state index contributed by atoms with van der Waals surface area (Å²) in [6.07, 6.45) is -0.610. The van der Waals surface area contributed by atoms with E-state index in [0.717, 1.165) is 6.42 Å². The number of aromatic nitrogens is 4. The van der Waals surface area contributed by atoms with E-state index >= 15 is 0 Å². The molecule has 0 amide bonds. The van der Waals surface area contributed by atoms with Gasteiger partial charge >= 0.3 is 5.97 Å². The van der Waals surface area contributed by atoms with Crippen molar-refractivity contribution in [2.75, 3.05) is 12.3 Å². The molecule has 12 heteroatoms. The van der Waals surface area contributed by atoms with Gasteiger partial charge in [0, 0.05) is 0 Å². The van der Waals surface area contributed by atoms with E-state index in [1.54, 1.807) is 0 Å². The summed E-state index contributed by atoms with van der Waals surface area (Å²) in [5.74, 6) is -0.623. The summed E-state index contributed by atoms with van der Waals surface area (Å²) < 4.78 is 6.85. The molecule has 0 aliphatic carbocycles. The molecular weight excluding hydrogens is 372 g/mol. The number of aliphatic hydroxyl groups is 3. The Hall–Kier alpha value is -2.38. The number of carboxylic acid groups (broad SMARTS) is 1. The number of ether oxygens (including phenoxy) is 1. The van der Waals surface area contributed by atoms with E-state index in [-0.39, 0.29) is 11.7 Å². The van der Waals surface area contributed by atoms with Crippen molar-refractivity contribution in [3.8, 4) is 0 Å². The van der Waals surface area contributed by atoms with Crippen LogP contribution < -0.4 is 11.5 Å². The number of carbonyl (C=O) groups is 1. The number of aliphatic hydroxyl groups excluding tert-OH is 3. The Balaban J connectivity index is 0.000000266. The van der Waals surface area contributed by atoms with Gasteiger partial charge in [0.15, 0.2) is 17.7 Å². The Morgan fingerprint density at radius 2 is 2.00 bits per heavy atom. The van der Waals surface area contributed by atoms with Gasteiger partial charge in [0.1, 0.15) is 36.2 Å². The topological polar surface area (TPSA) is 203 Å². The maximum absolute atomic E-state index is 10.2. The van der Waals surface area contributed by atoms with Crippen molar-refractivity contribution in [3.05, 3.63) is 12.7 Å². The highest BCUT2D eigenvalue weighted by atomic mass is 16.6. The summed E-state index contributed by atoms with van der Waals surface area (Å²) in [5, 5.41) is 37.1. The van der Waals surface area contributed by atoms with Crippen LogP contribution in [0.5, 0.6) is 0 Å². The Morgan fingerprint density at radius 1 is 1.32 bits per heavy atom. The van der Waals surface area contributed by atoms with Crippen LogP contribution in [-0.4, -0.2) is 76.9 Å². The first-order valence-corrected chi connectivity index (χ1v) is 8.76. The number of aliphatic carboxylic acids is 1. The van der Waals surface area contributed by atoms with Crippen LogP contribution in [0, 0.1) is 5.92 Å². The highest BCUT2D eigenvalue weighted by Gasteiger charge is 2.43. The van der Waals surface area contributed by atoms with E-state index in [2.05, 4.69) is 15.0 Å². The summed E-state index contributed by atoms with van der Waals surface area (Å²) in [6, 6.07) is -0.699. The molecule has 1 fully saturated rings. The molecular formula is C16H26N6O6. The molecule has 3 rings (SSSR count). The van der Waals surface area contributed by atoms with Crippen molar-refractivity contribution in [3.63, 3.8) is 0 Å². The second-order valence-electron chi connectivity index (χ2n) is 6.56. The lowest BCUT2D eigenvalue weighted by Gasteiger charge is -2.16. The second-order valence-corrected chi connectivity index (χ2v) is 6.56. The van der Waals surface area contributed by atoms with E-state index in [1.807, 2.05) is 13.8 Å². The Bertz CT molecular complexity index is 801. The summed E-state index contributed by atoms with van der Waals surface area (Å²) in [5.41, 5.74) is 11.7. The number of rotatable bonds is 5. The molecule has 2 aromatic heterocycles. The third-order valence-corrected chi connectivity index (χ3v) is 4.72.